The van der Waals surface area contributed by atoms with Crippen molar-refractivity contribution in [2.45, 2.75) is 13.5 Å². The third kappa shape index (κ3) is 6.64. The molecule has 0 saturated heterocycles. The maximum absolute atomic E-state index is 9.00. The Hall–Kier alpha value is -4.26. The molecule has 0 radical (unpaired) electrons. The van der Waals surface area contributed by atoms with E-state index in [4.69, 9.17) is 9.90 Å². The molecule has 0 aliphatic heterocycles. The first-order valence-electron chi connectivity index (χ1n) is 9.68. The number of carboxylic acids is 1. The molecule has 5 rings (SSSR count). The number of rotatable bonds is 3. The van der Waals surface area contributed by atoms with Gasteiger partial charge in [0, 0.05) is 13.5 Å². The summed E-state index contributed by atoms with van der Waals surface area (Å²) in [6.07, 6.45) is 3.13. The monoisotopic (exact) mass is 413 g/mol. The Bertz CT molecular complexity index is 1170. The number of benzene rings is 3. The van der Waals surface area contributed by atoms with Crippen LogP contribution < -0.4 is 5.32 Å². The average Bonchev–Trinajstić information content (AvgIpc) is 3.28. The summed E-state index contributed by atoms with van der Waals surface area (Å²) >= 11 is 0. The number of aliphatic carboxylic acids is 1. The van der Waals surface area contributed by atoms with E-state index in [0.717, 1.165) is 24.8 Å². The summed E-state index contributed by atoms with van der Waals surface area (Å²) in [5.41, 5.74) is 2.72. The molecule has 0 atom stereocenters. The number of carbonyl (C=O) groups is 1. The molecule has 0 unspecified atom stereocenters. The zero-order valence-corrected chi connectivity index (χ0v) is 17.1. The van der Waals surface area contributed by atoms with Crippen LogP contribution in [-0.2, 0) is 11.3 Å². The van der Waals surface area contributed by atoms with Gasteiger partial charge in [0.25, 0.3) is 5.97 Å². The predicted molar refractivity (Wildman–Crippen MR) is 123 cm³/mol. The second-order valence-corrected chi connectivity index (χ2v) is 6.53. The number of anilines is 1. The number of nitrogens with one attached hydrogen (secondary N) is 2. The Labute approximate surface area is 179 Å². The highest BCUT2D eigenvalue weighted by molar-refractivity contribution is 5.82. The van der Waals surface area contributed by atoms with Gasteiger partial charge in [0.2, 0.25) is 0 Å². The number of hydrogen-bond acceptors (Lipinski definition) is 5. The predicted octanol–water partition coefficient (Wildman–Crippen LogP) is 4.90. The Kier molecular flexibility index (Phi) is 7.65. The highest BCUT2D eigenvalue weighted by atomic mass is 16.4. The SMILES string of the molecule is CC(=O)O.c1ccc(CNc2ncnc3nc[nH]c23)cc1.c1ccc2ccccc2c1. The lowest BCUT2D eigenvalue weighted by Gasteiger charge is -2.05. The summed E-state index contributed by atoms with van der Waals surface area (Å²) < 4.78 is 0. The van der Waals surface area contributed by atoms with Gasteiger partial charge in [-0.05, 0) is 16.3 Å². The fourth-order valence-electron chi connectivity index (χ4n) is 2.81. The Morgan fingerprint density at radius 2 is 1.42 bits per heavy atom. The third-order valence-electron chi connectivity index (χ3n) is 4.18. The molecule has 31 heavy (non-hydrogen) atoms. The molecule has 2 aromatic heterocycles. The van der Waals surface area contributed by atoms with Crippen LogP contribution in [0.2, 0.25) is 0 Å². The number of aromatic amines is 1. The summed E-state index contributed by atoms with van der Waals surface area (Å²) in [4.78, 5) is 24.4. The van der Waals surface area contributed by atoms with E-state index in [2.05, 4.69) is 85.9 Å². The molecule has 0 aliphatic rings. The van der Waals surface area contributed by atoms with Gasteiger partial charge >= 0.3 is 0 Å². The second-order valence-electron chi connectivity index (χ2n) is 6.53. The van der Waals surface area contributed by atoms with E-state index in [9.17, 15) is 0 Å². The van der Waals surface area contributed by atoms with Crippen LogP contribution in [0.4, 0.5) is 5.82 Å². The van der Waals surface area contributed by atoms with Gasteiger partial charge < -0.3 is 15.4 Å². The van der Waals surface area contributed by atoms with Gasteiger partial charge in [0.1, 0.15) is 11.8 Å². The van der Waals surface area contributed by atoms with E-state index in [1.165, 1.54) is 22.7 Å². The first-order valence-corrected chi connectivity index (χ1v) is 9.68. The van der Waals surface area contributed by atoms with Crippen LogP contribution in [0.25, 0.3) is 21.9 Å². The zero-order chi connectivity index (χ0) is 21.9. The van der Waals surface area contributed by atoms with Crippen LogP contribution in [0, 0.1) is 0 Å². The minimum atomic E-state index is -0.833. The molecule has 0 bridgehead atoms. The molecule has 3 aromatic carbocycles. The number of hydrogen-bond donors (Lipinski definition) is 3. The van der Waals surface area contributed by atoms with Crippen molar-refractivity contribution in [1.82, 2.24) is 19.9 Å². The van der Waals surface area contributed by atoms with Gasteiger partial charge in [-0.25, -0.2) is 15.0 Å². The molecule has 5 aromatic rings. The molecule has 2 heterocycles. The van der Waals surface area contributed by atoms with E-state index in [1.54, 1.807) is 6.33 Å². The zero-order valence-electron chi connectivity index (χ0n) is 17.1. The Balaban J connectivity index is 0.000000164. The fourth-order valence-corrected chi connectivity index (χ4v) is 2.81. The van der Waals surface area contributed by atoms with Crippen LogP contribution in [0.1, 0.15) is 12.5 Å². The van der Waals surface area contributed by atoms with E-state index in [-0.39, 0.29) is 0 Å². The Morgan fingerprint density at radius 3 is 2.00 bits per heavy atom. The largest absolute Gasteiger partial charge is 0.481 e. The number of H-pyrrole nitrogens is 1. The number of carboxylic acid groups (broad SMARTS) is 1. The topological polar surface area (TPSA) is 104 Å². The minimum absolute atomic E-state index is 0.676. The summed E-state index contributed by atoms with van der Waals surface area (Å²) in [5.74, 6) is -0.0589. The third-order valence-corrected chi connectivity index (χ3v) is 4.18. The van der Waals surface area contributed by atoms with Crippen molar-refractivity contribution in [3.05, 3.63) is 97.1 Å². The number of fused-ring (bicyclic) bond motifs is 2. The Morgan fingerprint density at radius 1 is 0.871 bits per heavy atom. The van der Waals surface area contributed by atoms with Gasteiger partial charge in [-0.2, -0.15) is 0 Å². The van der Waals surface area contributed by atoms with Crippen LogP contribution >= 0.6 is 0 Å². The van der Waals surface area contributed by atoms with Crippen molar-refractivity contribution in [2.75, 3.05) is 5.32 Å². The van der Waals surface area contributed by atoms with E-state index < -0.39 is 5.97 Å². The second kappa shape index (κ2) is 11.1. The van der Waals surface area contributed by atoms with Crippen LogP contribution in [-0.4, -0.2) is 31.0 Å². The molecular weight excluding hydrogens is 390 g/mol. The van der Waals surface area contributed by atoms with Crippen LogP contribution in [0.15, 0.2) is 91.5 Å². The number of nitrogens with zero attached hydrogens (tertiary/aromatic N) is 3. The van der Waals surface area contributed by atoms with Gasteiger partial charge in [0.15, 0.2) is 11.5 Å². The minimum Gasteiger partial charge on any atom is -0.481 e. The lowest BCUT2D eigenvalue weighted by Crippen LogP contribution is -2.02. The highest BCUT2D eigenvalue weighted by Gasteiger charge is 2.04. The normalized spacial score (nSPS) is 9.84. The number of aromatic nitrogens is 4. The molecule has 0 aliphatic carbocycles. The lowest BCUT2D eigenvalue weighted by molar-refractivity contribution is -0.134. The summed E-state index contributed by atoms with van der Waals surface area (Å²) in [6, 6.07) is 26.9. The van der Waals surface area contributed by atoms with Crippen LogP contribution in [0.3, 0.4) is 0 Å². The first kappa shape index (κ1) is 21.4. The van der Waals surface area contributed by atoms with Gasteiger partial charge in [-0.1, -0.05) is 78.9 Å². The lowest BCUT2D eigenvalue weighted by atomic mass is 10.1. The number of imidazole rings is 1. The van der Waals surface area contributed by atoms with Gasteiger partial charge in [0.05, 0.1) is 6.33 Å². The van der Waals surface area contributed by atoms with Crippen molar-refractivity contribution in [1.29, 1.82) is 0 Å². The average molecular weight is 413 g/mol. The molecule has 7 heteroatoms. The fraction of sp³-hybridized carbons (Fsp3) is 0.0833. The van der Waals surface area contributed by atoms with Gasteiger partial charge in [-0.3, -0.25) is 4.79 Å². The van der Waals surface area contributed by atoms with Crippen molar-refractivity contribution in [2.24, 2.45) is 0 Å². The van der Waals surface area contributed by atoms with E-state index in [0.29, 0.717) is 5.65 Å². The maximum Gasteiger partial charge on any atom is 0.300 e. The van der Waals surface area contributed by atoms with E-state index >= 15 is 0 Å². The van der Waals surface area contributed by atoms with Crippen molar-refractivity contribution < 1.29 is 9.90 Å². The quantitative estimate of drug-likeness (QED) is 0.389. The molecular formula is C24H23N5O2. The smallest absolute Gasteiger partial charge is 0.300 e. The highest BCUT2D eigenvalue weighted by Crippen LogP contribution is 2.15. The molecule has 0 fully saturated rings. The molecule has 3 N–H and O–H groups in total. The summed E-state index contributed by atoms with van der Waals surface area (Å²) in [5, 5.41) is 13.3. The molecule has 0 amide bonds. The standard InChI is InChI=1S/C12H11N5.C10H8.C2H4O2/c1-2-4-9(5-3-1)6-13-11-10-12(15-7-14-10)17-8-16-11;1-2-6-10-8-4-3-7-9(10)5-1;1-2(3)4/h1-5,7-8H,6H2,(H2,13,14,15,16,17);1-8H;1H3,(H,3,4). The summed E-state index contributed by atoms with van der Waals surface area (Å²) in [6.45, 7) is 1.81. The summed E-state index contributed by atoms with van der Waals surface area (Å²) in [7, 11) is 0. The molecule has 7 nitrogen and oxygen atoms in total. The first-order chi connectivity index (χ1) is 15.1. The molecule has 156 valence electrons. The molecule has 0 saturated carbocycles. The molecule has 0 spiro atoms. The maximum atomic E-state index is 9.00. The van der Waals surface area contributed by atoms with Crippen molar-refractivity contribution in [3.8, 4) is 0 Å². The van der Waals surface area contributed by atoms with Crippen molar-refractivity contribution >= 4 is 33.7 Å². The van der Waals surface area contributed by atoms with E-state index in [1.807, 2.05) is 18.2 Å². The van der Waals surface area contributed by atoms with Gasteiger partial charge in [-0.15, -0.1) is 0 Å². The van der Waals surface area contributed by atoms with Crippen molar-refractivity contribution in [3.63, 3.8) is 0 Å². The van der Waals surface area contributed by atoms with Crippen LogP contribution in [0.5, 0.6) is 0 Å².